The van der Waals surface area contributed by atoms with Gasteiger partial charge in [0.25, 0.3) is 0 Å². The summed E-state index contributed by atoms with van der Waals surface area (Å²) >= 11 is 0. The van der Waals surface area contributed by atoms with Crippen molar-refractivity contribution in [2.45, 2.75) is 70.1 Å². The molecule has 17 heteroatoms. The number of hydrogen-bond donors (Lipinski definition) is 1. The highest BCUT2D eigenvalue weighted by molar-refractivity contribution is 5.90. The van der Waals surface area contributed by atoms with Crippen LogP contribution in [0.25, 0.3) is 0 Å². The minimum absolute atomic E-state index is 0.00565. The first kappa shape index (κ1) is 34.3. The Labute approximate surface area is 251 Å². The molecule has 1 N–H and O–H groups in total. The Morgan fingerprint density at radius 2 is 1.58 bits per heavy atom. The summed E-state index contributed by atoms with van der Waals surface area (Å²) in [5, 5.41) is 3.99. The van der Waals surface area contributed by atoms with E-state index in [1.807, 2.05) is 0 Å². The van der Waals surface area contributed by atoms with Crippen LogP contribution in [0.4, 0.5) is 50.0 Å². The van der Waals surface area contributed by atoms with Crippen molar-refractivity contribution < 1.29 is 58.6 Å². The molecule has 4 rings (SSSR count). The summed E-state index contributed by atoms with van der Waals surface area (Å²) in [6, 6.07) is 2.44. The molecule has 0 spiro atoms. The Morgan fingerprint density at radius 1 is 0.956 bits per heavy atom. The number of aliphatic imine (C=N–C) groups is 1. The van der Waals surface area contributed by atoms with E-state index in [1.165, 1.54) is 12.0 Å². The fourth-order valence-electron chi connectivity index (χ4n) is 5.18. The number of nitrogens with zero attached hydrogens (tertiary/aromatic N) is 3. The predicted molar refractivity (Wildman–Crippen MR) is 142 cm³/mol. The molecule has 0 aromatic heterocycles. The van der Waals surface area contributed by atoms with E-state index < -0.39 is 71.8 Å². The highest BCUT2D eigenvalue weighted by Gasteiger charge is 2.42. The van der Waals surface area contributed by atoms with Crippen LogP contribution in [0, 0.1) is 0 Å². The van der Waals surface area contributed by atoms with Crippen molar-refractivity contribution >= 4 is 17.7 Å². The molecule has 2 aliphatic heterocycles. The van der Waals surface area contributed by atoms with Gasteiger partial charge in [0.05, 0.1) is 35.5 Å². The molecule has 1 amide bonds. The molecule has 0 bridgehead atoms. The summed E-state index contributed by atoms with van der Waals surface area (Å²) in [7, 11) is 1.30. The molecule has 0 saturated heterocycles. The Bertz CT molecular complexity index is 1380. The van der Waals surface area contributed by atoms with Crippen molar-refractivity contribution in [1.82, 2.24) is 10.4 Å². The van der Waals surface area contributed by atoms with Crippen molar-refractivity contribution in [3.63, 3.8) is 0 Å². The second kappa shape index (κ2) is 13.0. The van der Waals surface area contributed by atoms with E-state index in [4.69, 9.17) is 14.3 Å². The molecule has 0 radical (unpaired) electrons. The second-order valence-corrected chi connectivity index (χ2v) is 10.3. The largest absolute Gasteiger partial charge is 0.449 e. The summed E-state index contributed by atoms with van der Waals surface area (Å²) in [6.45, 7) is 2.50. The molecule has 3 atom stereocenters. The fraction of sp³-hybridized carbons (Fsp3) is 0.500. The molecule has 248 valence electrons. The summed E-state index contributed by atoms with van der Waals surface area (Å²) in [6.07, 6.45) is -16.5. The zero-order valence-corrected chi connectivity index (χ0v) is 24.1. The molecule has 2 aromatic rings. The van der Waals surface area contributed by atoms with Gasteiger partial charge in [-0.3, -0.25) is 10.2 Å². The molecule has 2 aliphatic rings. The highest BCUT2D eigenvalue weighted by Crippen LogP contribution is 2.43. The first-order chi connectivity index (χ1) is 21.0. The van der Waals surface area contributed by atoms with Crippen molar-refractivity contribution in [3.8, 4) is 0 Å². The zero-order chi connectivity index (χ0) is 33.3. The molecule has 1 unspecified atom stereocenters. The van der Waals surface area contributed by atoms with Crippen molar-refractivity contribution in [2.75, 3.05) is 25.2 Å². The van der Waals surface area contributed by atoms with Crippen LogP contribution in [-0.4, -0.2) is 49.7 Å². The molecule has 8 nitrogen and oxygen atoms in total. The predicted octanol–water partition coefficient (Wildman–Crippen LogP) is 7.29. The molecule has 0 saturated carbocycles. The first-order valence-corrected chi connectivity index (χ1v) is 13.7. The Kier molecular flexibility index (Phi) is 9.94. The van der Waals surface area contributed by atoms with Gasteiger partial charge in [-0.25, -0.2) is 9.79 Å². The summed E-state index contributed by atoms with van der Waals surface area (Å²) in [5.74, 6) is -0.0849. The molecular weight excluding hydrogens is 627 g/mol. The number of anilines is 1. The van der Waals surface area contributed by atoms with E-state index in [0.29, 0.717) is 18.6 Å². The van der Waals surface area contributed by atoms with Gasteiger partial charge in [-0.1, -0.05) is 12.0 Å². The number of carbonyl (C=O) groups excluding carboxylic acids is 1. The van der Waals surface area contributed by atoms with Crippen molar-refractivity contribution in [3.05, 3.63) is 64.2 Å². The Hall–Kier alpha value is -3.57. The van der Waals surface area contributed by atoms with Gasteiger partial charge in [0.15, 0.2) is 6.29 Å². The molecular formula is C28H29F9N4O4. The number of alkyl halides is 9. The number of rotatable bonds is 8. The molecule has 2 heterocycles. The van der Waals surface area contributed by atoms with E-state index >= 15 is 0 Å². The minimum atomic E-state index is -5.08. The van der Waals surface area contributed by atoms with Gasteiger partial charge >= 0.3 is 24.6 Å². The lowest BCUT2D eigenvalue weighted by atomic mass is 9.88. The second-order valence-electron chi connectivity index (χ2n) is 10.3. The molecule has 0 fully saturated rings. The summed E-state index contributed by atoms with van der Waals surface area (Å²) in [5.41, 5.74) is -4.29. The number of amides is 1. The van der Waals surface area contributed by atoms with Crippen molar-refractivity contribution in [2.24, 2.45) is 4.99 Å². The first-order valence-electron chi connectivity index (χ1n) is 13.7. The zero-order valence-electron chi connectivity index (χ0n) is 24.1. The van der Waals surface area contributed by atoms with E-state index in [2.05, 4.69) is 10.3 Å². The van der Waals surface area contributed by atoms with E-state index in [9.17, 15) is 44.3 Å². The SMILES string of the molecule is CCOC(=O)N1c2ccc(C(F)(F)F)cc2[C@@H](NC2N=C(COC)ON2Cc2cc(C(F)(F)F)cc(C(F)(F)F)c2)C[C@H]1CC. The average molecular weight is 657 g/mol. The van der Waals surface area contributed by atoms with Crippen LogP contribution in [0.2, 0.25) is 0 Å². The Balaban J connectivity index is 1.73. The maximum Gasteiger partial charge on any atom is 0.416 e. The lowest BCUT2D eigenvalue weighted by Gasteiger charge is -2.41. The number of hydroxylamine groups is 2. The maximum absolute atomic E-state index is 13.7. The number of hydrogen-bond acceptors (Lipinski definition) is 7. The number of fused-ring (bicyclic) bond motifs is 1. The number of halogens is 9. The fourth-order valence-corrected chi connectivity index (χ4v) is 5.18. The van der Waals surface area contributed by atoms with Gasteiger partial charge in [0.2, 0.25) is 5.90 Å². The standard InChI is InChI=1S/C28H29F9N4O4/c1-4-19-12-21(20-11-16(26(29,30)31)6-7-22(20)41(19)25(42)44-5-2)38-24-39-23(14-43-3)45-40(24)13-15-8-17(27(32,33)34)10-18(9-15)28(35,36)37/h6-11,19,21,24,38H,4-5,12-14H2,1-3H3/t19-,21+,24?/m1/s1. The number of ether oxygens (including phenoxy) is 2. The number of benzene rings is 2. The topological polar surface area (TPSA) is 75.6 Å². The van der Waals surface area contributed by atoms with Crippen LogP contribution >= 0.6 is 0 Å². The summed E-state index contributed by atoms with van der Waals surface area (Å²) < 4.78 is 132. The monoisotopic (exact) mass is 656 g/mol. The van der Waals surface area contributed by atoms with Gasteiger partial charge in [-0.05, 0) is 67.3 Å². The molecule has 2 aromatic carbocycles. The van der Waals surface area contributed by atoms with E-state index in [0.717, 1.165) is 23.3 Å². The van der Waals surface area contributed by atoms with Gasteiger partial charge < -0.3 is 14.3 Å². The third-order valence-corrected chi connectivity index (χ3v) is 7.16. The lowest BCUT2D eigenvalue weighted by molar-refractivity contribution is -0.143. The minimum Gasteiger partial charge on any atom is -0.449 e. The number of methoxy groups -OCH3 is 1. The van der Waals surface area contributed by atoms with E-state index in [1.54, 1.807) is 13.8 Å². The van der Waals surface area contributed by atoms with Crippen LogP contribution in [0.1, 0.15) is 60.5 Å². The third-order valence-electron chi connectivity index (χ3n) is 7.16. The molecule has 0 aliphatic carbocycles. The van der Waals surface area contributed by atoms with Gasteiger partial charge in [-0.15, -0.1) is 0 Å². The van der Waals surface area contributed by atoms with Gasteiger partial charge in [0.1, 0.15) is 6.61 Å². The maximum atomic E-state index is 13.7. The number of carbonyl (C=O) groups is 1. The van der Waals surface area contributed by atoms with Crippen LogP contribution in [0.5, 0.6) is 0 Å². The van der Waals surface area contributed by atoms with Crippen molar-refractivity contribution in [1.29, 1.82) is 0 Å². The quantitative estimate of drug-likeness (QED) is 0.301. The molecule has 45 heavy (non-hydrogen) atoms. The van der Waals surface area contributed by atoms with Crippen LogP contribution in [0.15, 0.2) is 41.4 Å². The third kappa shape index (κ3) is 7.81. The van der Waals surface area contributed by atoms with Crippen LogP contribution in [0.3, 0.4) is 0 Å². The Morgan fingerprint density at radius 3 is 2.11 bits per heavy atom. The smallest absolute Gasteiger partial charge is 0.416 e. The van der Waals surface area contributed by atoms with Gasteiger partial charge in [-0.2, -0.15) is 39.5 Å². The highest BCUT2D eigenvalue weighted by atomic mass is 19.4. The number of nitrogens with one attached hydrogen (secondary N) is 1. The van der Waals surface area contributed by atoms with Crippen LogP contribution in [-0.2, 0) is 39.4 Å². The van der Waals surface area contributed by atoms with Gasteiger partial charge in [0, 0.05) is 19.2 Å². The van der Waals surface area contributed by atoms with Crippen LogP contribution < -0.4 is 10.2 Å². The average Bonchev–Trinajstić information content (AvgIpc) is 3.31. The lowest BCUT2D eigenvalue weighted by Crippen LogP contribution is -2.50. The van der Waals surface area contributed by atoms with E-state index in [-0.39, 0.29) is 42.8 Å². The normalized spacial score (nSPS) is 20.9. The summed E-state index contributed by atoms with van der Waals surface area (Å²) in [4.78, 5) is 24.0.